The highest BCUT2D eigenvalue weighted by atomic mass is 16.1. The van der Waals surface area contributed by atoms with Crippen LogP contribution in [0.15, 0.2) is 0 Å². The van der Waals surface area contributed by atoms with E-state index in [0.29, 0.717) is 18.6 Å². The maximum absolute atomic E-state index is 10.2. The van der Waals surface area contributed by atoms with Gasteiger partial charge in [0.25, 0.3) is 0 Å². The molecule has 0 radical (unpaired) electrons. The third kappa shape index (κ3) is 18.5. The summed E-state index contributed by atoms with van der Waals surface area (Å²) in [6.07, 6.45) is 1.38. The van der Waals surface area contributed by atoms with Gasteiger partial charge >= 0.3 is 0 Å². The molecular weight excluding hydrogens is 120 g/mol. The first kappa shape index (κ1) is 15.8. The van der Waals surface area contributed by atoms with Gasteiger partial charge in [-0.3, -0.25) is 16.5 Å². The van der Waals surface area contributed by atoms with Gasteiger partial charge in [-0.15, -0.1) is 0 Å². The van der Waals surface area contributed by atoms with E-state index >= 15 is 0 Å². The summed E-state index contributed by atoms with van der Waals surface area (Å²) in [6.45, 7) is 3.76. The second-order valence-corrected chi connectivity index (χ2v) is 1.25. The van der Waals surface area contributed by atoms with Gasteiger partial charge in [0.2, 0.25) is 0 Å². The normalized spacial score (nSPS) is 6.22. The van der Waals surface area contributed by atoms with Crippen molar-refractivity contribution in [1.82, 2.24) is 0 Å². The lowest BCUT2D eigenvalue weighted by atomic mass is 10.3. The predicted molar refractivity (Wildman–Crippen MR) is 37.6 cm³/mol. The summed E-state index contributed by atoms with van der Waals surface area (Å²) in [4.78, 5) is 10.2. The van der Waals surface area contributed by atoms with Gasteiger partial charge in [0.05, 0.1) is 0 Å². The summed E-state index contributed by atoms with van der Waals surface area (Å²) in [5.74, 6) is 8.34. The molecule has 0 aromatic rings. The van der Waals surface area contributed by atoms with Crippen LogP contribution < -0.4 is 11.7 Å². The van der Waals surface area contributed by atoms with Crippen LogP contribution in [-0.2, 0) is 4.79 Å². The van der Waals surface area contributed by atoms with Gasteiger partial charge in [0.1, 0.15) is 5.78 Å². The molecule has 9 heavy (non-hydrogen) atoms. The van der Waals surface area contributed by atoms with E-state index in [4.69, 9.17) is 0 Å². The molecule has 0 aromatic heterocycles. The van der Waals surface area contributed by atoms with E-state index in [-0.39, 0.29) is 5.48 Å². The second kappa shape index (κ2) is 15.6. The van der Waals surface area contributed by atoms with Crippen LogP contribution in [0.25, 0.3) is 0 Å². The van der Waals surface area contributed by atoms with Crippen molar-refractivity contribution in [2.75, 3.05) is 0 Å². The van der Waals surface area contributed by atoms with Crippen molar-refractivity contribution in [2.45, 2.75) is 26.7 Å². The quantitative estimate of drug-likeness (QED) is 0.390. The van der Waals surface area contributed by atoms with Gasteiger partial charge in [0.15, 0.2) is 0 Å². The van der Waals surface area contributed by atoms with E-state index in [9.17, 15) is 4.79 Å². The van der Waals surface area contributed by atoms with Crippen molar-refractivity contribution in [3.8, 4) is 0 Å². The number of carbonyl (C=O) groups is 1. The van der Waals surface area contributed by atoms with Crippen LogP contribution in [0.3, 0.4) is 0 Å². The molecule has 0 spiro atoms. The Bertz CT molecular complexity index is 50.9. The van der Waals surface area contributed by atoms with Crippen LogP contribution in [0.2, 0.25) is 0 Å². The summed E-state index contributed by atoms with van der Waals surface area (Å²) in [7, 11) is 0. The maximum Gasteiger partial charge on any atom is 0.132 e. The molecule has 0 aliphatic heterocycles. The molecule has 58 valence electrons. The number of hydrogen-bond donors (Lipinski definition) is 2. The summed E-state index contributed by atoms with van der Waals surface area (Å²) < 4.78 is 0. The van der Waals surface area contributed by atoms with Crippen molar-refractivity contribution < 1.29 is 10.3 Å². The number of nitrogens with two attached hydrogens (primary N) is 2. The summed E-state index contributed by atoms with van der Waals surface area (Å²) in [6, 6.07) is 0. The van der Waals surface area contributed by atoms with E-state index in [2.05, 4.69) is 11.7 Å². The average molecular weight is 136 g/mol. The van der Waals surface area contributed by atoms with Crippen LogP contribution in [0.5, 0.6) is 0 Å². The molecule has 6 N–H and O–H groups in total. The van der Waals surface area contributed by atoms with E-state index in [1.807, 2.05) is 13.8 Å². The molecule has 0 saturated carbocycles. The fourth-order valence-electron chi connectivity index (χ4n) is 0.250. The van der Waals surface area contributed by atoms with Crippen molar-refractivity contribution in [2.24, 2.45) is 11.7 Å². The average Bonchev–Trinajstić information content (AvgIpc) is 1.91. The Morgan fingerprint density at radius 1 is 1.22 bits per heavy atom. The molecule has 0 bridgehead atoms. The molecule has 0 heterocycles. The number of Topliss-reactive ketones (excluding diaryl/α,β-unsaturated/α-hetero) is 1. The second-order valence-electron chi connectivity index (χ2n) is 1.25. The van der Waals surface area contributed by atoms with Crippen molar-refractivity contribution in [1.29, 1.82) is 0 Å². The Morgan fingerprint density at radius 2 is 1.44 bits per heavy atom. The Morgan fingerprint density at radius 3 is 1.44 bits per heavy atom. The lowest BCUT2D eigenvalue weighted by molar-refractivity contribution is -0.118. The minimum absolute atomic E-state index is 0. The zero-order valence-electron chi connectivity index (χ0n) is 5.98. The standard InChI is InChI=1S/C5H10O.H4N2.H2O/c1-3-5(6)4-2;1-2;/h3-4H2,1-2H3;1-2H2;1H2. The Hall–Kier alpha value is -0.450. The molecular formula is C5H16N2O2. The molecule has 0 aliphatic carbocycles. The van der Waals surface area contributed by atoms with Gasteiger partial charge in [0, 0.05) is 12.8 Å². The van der Waals surface area contributed by atoms with Crippen LogP contribution in [0, 0.1) is 0 Å². The fraction of sp³-hybridized carbons (Fsp3) is 0.800. The molecule has 0 amide bonds. The van der Waals surface area contributed by atoms with Crippen LogP contribution in [-0.4, -0.2) is 11.3 Å². The molecule has 0 fully saturated rings. The van der Waals surface area contributed by atoms with Crippen molar-refractivity contribution >= 4 is 5.78 Å². The molecule has 4 nitrogen and oxygen atoms in total. The van der Waals surface area contributed by atoms with Crippen molar-refractivity contribution in [3.63, 3.8) is 0 Å². The maximum atomic E-state index is 10.2. The number of hydrogen-bond acceptors (Lipinski definition) is 3. The first-order valence-corrected chi connectivity index (χ1v) is 2.66. The fourth-order valence-corrected chi connectivity index (χ4v) is 0.250. The number of carbonyl (C=O) groups excluding carboxylic acids is 1. The highest BCUT2D eigenvalue weighted by Gasteiger charge is 1.86. The predicted octanol–water partition coefficient (Wildman–Crippen LogP) is -0.630. The first-order chi connectivity index (χ1) is 3.81. The van der Waals surface area contributed by atoms with Crippen LogP contribution >= 0.6 is 0 Å². The molecule has 0 aliphatic rings. The SMILES string of the molecule is CCC(=O)CC.NN.O. The lowest BCUT2D eigenvalue weighted by Crippen LogP contribution is -2.02. The smallest absolute Gasteiger partial charge is 0.132 e. The van der Waals surface area contributed by atoms with E-state index < -0.39 is 0 Å². The van der Waals surface area contributed by atoms with Gasteiger partial charge in [-0.1, -0.05) is 13.8 Å². The molecule has 0 atom stereocenters. The molecule has 0 aromatic carbocycles. The van der Waals surface area contributed by atoms with Crippen LogP contribution in [0.1, 0.15) is 26.7 Å². The van der Waals surface area contributed by atoms with Crippen LogP contribution in [0.4, 0.5) is 0 Å². The van der Waals surface area contributed by atoms with E-state index in [1.165, 1.54) is 0 Å². The van der Waals surface area contributed by atoms with E-state index in [0.717, 1.165) is 0 Å². The Kier molecular flexibility index (Phi) is 27.5. The first-order valence-electron chi connectivity index (χ1n) is 2.66. The third-order valence-electron chi connectivity index (χ3n) is 0.789. The number of ketones is 1. The highest BCUT2D eigenvalue weighted by molar-refractivity contribution is 5.77. The summed E-state index contributed by atoms with van der Waals surface area (Å²) in [5, 5.41) is 0. The van der Waals surface area contributed by atoms with E-state index in [1.54, 1.807) is 0 Å². The Labute approximate surface area is 55.5 Å². The Balaban J connectivity index is -0.000000109. The molecule has 4 heteroatoms. The summed E-state index contributed by atoms with van der Waals surface area (Å²) >= 11 is 0. The largest absolute Gasteiger partial charge is 0.412 e. The molecule has 0 saturated heterocycles. The third-order valence-corrected chi connectivity index (χ3v) is 0.789. The monoisotopic (exact) mass is 136 g/mol. The summed E-state index contributed by atoms with van der Waals surface area (Å²) in [5.41, 5.74) is 0. The number of hydrazine groups is 1. The zero-order valence-corrected chi connectivity index (χ0v) is 5.98. The minimum atomic E-state index is 0. The number of rotatable bonds is 2. The van der Waals surface area contributed by atoms with Crippen molar-refractivity contribution in [3.05, 3.63) is 0 Å². The molecule has 0 rings (SSSR count). The highest BCUT2D eigenvalue weighted by Crippen LogP contribution is 1.82. The van der Waals surface area contributed by atoms with Gasteiger partial charge in [-0.2, -0.15) is 0 Å². The minimum Gasteiger partial charge on any atom is -0.412 e. The van der Waals surface area contributed by atoms with Gasteiger partial charge in [-0.05, 0) is 0 Å². The zero-order chi connectivity index (χ0) is 6.99. The lowest BCUT2D eigenvalue weighted by Gasteiger charge is -1.81. The van der Waals surface area contributed by atoms with Gasteiger partial charge in [-0.25, -0.2) is 0 Å². The topological polar surface area (TPSA) is 101 Å². The molecule has 0 unspecified atom stereocenters. The van der Waals surface area contributed by atoms with Gasteiger partial charge < -0.3 is 5.48 Å².